The van der Waals surface area contributed by atoms with Crippen molar-refractivity contribution in [2.75, 3.05) is 11.3 Å². The van der Waals surface area contributed by atoms with Crippen LogP contribution in [0.1, 0.15) is 11.4 Å². The molecule has 0 unspecified atom stereocenters. The lowest BCUT2D eigenvalue weighted by atomic mass is 10.2. The van der Waals surface area contributed by atoms with Gasteiger partial charge in [-0.05, 0) is 31.2 Å². The van der Waals surface area contributed by atoms with Crippen molar-refractivity contribution < 1.29 is 8.42 Å². The normalized spacial score (nSPS) is 10.7. The van der Waals surface area contributed by atoms with Crippen LogP contribution in [0.2, 0.25) is 0 Å². The van der Waals surface area contributed by atoms with Gasteiger partial charge < -0.3 is 5.73 Å². The van der Waals surface area contributed by atoms with Crippen LogP contribution < -0.4 is 10.5 Å². The molecule has 6 nitrogen and oxygen atoms in total. The molecule has 2 rings (SSSR count). The van der Waals surface area contributed by atoms with Crippen LogP contribution in [-0.4, -0.2) is 24.3 Å². The summed E-state index contributed by atoms with van der Waals surface area (Å²) in [5, 5.41) is 0.245. The Morgan fingerprint density at radius 1 is 1.35 bits per heavy atom. The van der Waals surface area contributed by atoms with Crippen LogP contribution in [0.15, 0.2) is 29.2 Å². The van der Waals surface area contributed by atoms with Gasteiger partial charge >= 0.3 is 0 Å². The molecule has 0 aliphatic heterocycles. The average molecular weight is 308 g/mol. The summed E-state index contributed by atoms with van der Waals surface area (Å²) in [6.45, 7) is 1.96. The van der Waals surface area contributed by atoms with Gasteiger partial charge in [-0.25, -0.2) is 13.4 Å². The standard InChI is InChI=1S/C12H12N4O2S2/c1-9-14-12(19-15-9)16-20(17,18)11-6-4-10(5-7-11)3-2-8-13/h4-7H,8,13H2,1H3,(H,14,15,16). The Labute approximate surface area is 121 Å². The fraction of sp³-hybridized carbons (Fsp3) is 0.167. The monoisotopic (exact) mass is 308 g/mol. The lowest BCUT2D eigenvalue weighted by Gasteiger charge is -2.04. The minimum absolute atomic E-state index is 0.142. The van der Waals surface area contributed by atoms with Gasteiger partial charge in [0.1, 0.15) is 5.82 Å². The molecule has 1 aromatic heterocycles. The highest BCUT2D eigenvalue weighted by Gasteiger charge is 2.15. The lowest BCUT2D eigenvalue weighted by Crippen LogP contribution is -2.12. The summed E-state index contributed by atoms with van der Waals surface area (Å²) in [5.74, 6) is 6.05. The van der Waals surface area contributed by atoms with Crippen LogP contribution in [0.25, 0.3) is 0 Å². The SMILES string of the molecule is Cc1nsc(NS(=O)(=O)c2ccc(C#CCN)cc2)n1. The molecule has 0 atom stereocenters. The number of aromatic nitrogens is 2. The maximum Gasteiger partial charge on any atom is 0.263 e. The van der Waals surface area contributed by atoms with Crippen LogP contribution in [0.5, 0.6) is 0 Å². The van der Waals surface area contributed by atoms with Gasteiger partial charge in [-0.2, -0.15) is 4.37 Å². The van der Waals surface area contributed by atoms with E-state index in [0.29, 0.717) is 11.4 Å². The second-order valence-electron chi connectivity index (χ2n) is 3.78. The van der Waals surface area contributed by atoms with Gasteiger partial charge in [-0.3, -0.25) is 4.72 Å². The molecule has 0 bridgehead atoms. The number of rotatable bonds is 3. The van der Waals surface area contributed by atoms with E-state index in [-0.39, 0.29) is 16.6 Å². The Morgan fingerprint density at radius 3 is 2.60 bits per heavy atom. The van der Waals surface area contributed by atoms with Crippen molar-refractivity contribution in [2.45, 2.75) is 11.8 Å². The zero-order chi connectivity index (χ0) is 14.6. The van der Waals surface area contributed by atoms with Gasteiger partial charge in [-0.15, -0.1) is 0 Å². The molecule has 0 radical (unpaired) electrons. The van der Waals surface area contributed by atoms with Crippen molar-refractivity contribution in [3.63, 3.8) is 0 Å². The quantitative estimate of drug-likeness (QED) is 0.823. The van der Waals surface area contributed by atoms with Crippen LogP contribution in [0.3, 0.4) is 0 Å². The van der Waals surface area contributed by atoms with E-state index in [1.54, 1.807) is 19.1 Å². The third-order valence-corrected chi connectivity index (χ3v) is 4.45. The molecule has 0 aliphatic rings. The van der Waals surface area contributed by atoms with E-state index in [2.05, 4.69) is 25.9 Å². The number of sulfonamides is 1. The number of nitrogens with one attached hydrogen (secondary N) is 1. The second kappa shape index (κ2) is 6.00. The summed E-state index contributed by atoms with van der Waals surface area (Å²) in [6, 6.07) is 6.22. The summed E-state index contributed by atoms with van der Waals surface area (Å²) < 4.78 is 30.5. The first kappa shape index (κ1) is 14.5. The van der Waals surface area contributed by atoms with E-state index in [9.17, 15) is 8.42 Å². The smallest absolute Gasteiger partial charge is 0.263 e. The molecule has 0 fully saturated rings. The van der Waals surface area contributed by atoms with E-state index < -0.39 is 10.0 Å². The Morgan fingerprint density at radius 2 is 2.05 bits per heavy atom. The number of nitrogens with two attached hydrogens (primary N) is 1. The number of anilines is 1. The first-order valence-electron chi connectivity index (χ1n) is 5.63. The predicted molar refractivity (Wildman–Crippen MR) is 77.8 cm³/mol. The molecule has 8 heteroatoms. The third kappa shape index (κ3) is 3.54. The summed E-state index contributed by atoms with van der Waals surface area (Å²) in [5.41, 5.74) is 5.98. The second-order valence-corrected chi connectivity index (χ2v) is 6.22. The molecule has 0 saturated carbocycles. The molecular formula is C12H12N4O2S2. The molecular weight excluding hydrogens is 296 g/mol. The molecule has 20 heavy (non-hydrogen) atoms. The number of hydrogen-bond donors (Lipinski definition) is 2. The Bertz CT molecular complexity index is 755. The number of hydrogen-bond acceptors (Lipinski definition) is 6. The van der Waals surface area contributed by atoms with Crippen LogP contribution in [0.4, 0.5) is 5.13 Å². The maximum atomic E-state index is 12.1. The third-order valence-electron chi connectivity index (χ3n) is 2.25. The topological polar surface area (TPSA) is 98.0 Å². The van der Waals surface area contributed by atoms with Crippen LogP contribution in [0, 0.1) is 18.8 Å². The van der Waals surface area contributed by atoms with Crippen molar-refractivity contribution in [1.82, 2.24) is 9.36 Å². The first-order chi connectivity index (χ1) is 9.51. The molecule has 2 aromatic rings. The molecule has 3 N–H and O–H groups in total. The first-order valence-corrected chi connectivity index (χ1v) is 7.89. The summed E-state index contributed by atoms with van der Waals surface area (Å²) >= 11 is 0.998. The van der Waals surface area contributed by atoms with Gasteiger partial charge in [0.2, 0.25) is 5.13 Å². The molecule has 104 valence electrons. The van der Waals surface area contributed by atoms with E-state index in [1.165, 1.54) is 12.1 Å². The van der Waals surface area contributed by atoms with Gasteiger partial charge in [0, 0.05) is 17.1 Å². The summed E-state index contributed by atoms with van der Waals surface area (Å²) in [6.07, 6.45) is 0. The molecule has 0 amide bonds. The minimum Gasteiger partial charge on any atom is -0.320 e. The Balaban J connectivity index is 2.21. The minimum atomic E-state index is -3.65. The Kier molecular flexibility index (Phi) is 4.34. The molecule has 0 aliphatic carbocycles. The van der Waals surface area contributed by atoms with Crippen molar-refractivity contribution in [3.05, 3.63) is 35.7 Å². The molecule has 1 heterocycles. The fourth-order valence-corrected chi connectivity index (χ4v) is 3.18. The van der Waals surface area contributed by atoms with E-state index in [0.717, 1.165) is 11.5 Å². The average Bonchev–Trinajstić information content (AvgIpc) is 2.81. The summed E-state index contributed by atoms with van der Waals surface area (Å²) in [7, 11) is -3.65. The van der Waals surface area contributed by atoms with E-state index >= 15 is 0 Å². The van der Waals surface area contributed by atoms with E-state index in [1.807, 2.05) is 0 Å². The van der Waals surface area contributed by atoms with Crippen molar-refractivity contribution in [1.29, 1.82) is 0 Å². The maximum absolute atomic E-state index is 12.1. The zero-order valence-electron chi connectivity index (χ0n) is 10.6. The fourth-order valence-electron chi connectivity index (χ4n) is 1.38. The van der Waals surface area contributed by atoms with Crippen LogP contribution >= 0.6 is 11.5 Å². The molecule has 0 spiro atoms. The Hall–Kier alpha value is -1.95. The molecule has 1 aromatic carbocycles. The van der Waals surface area contributed by atoms with Crippen molar-refractivity contribution in [3.8, 4) is 11.8 Å². The van der Waals surface area contributed by atoms with Gasteiger partial charge in [0.25, 0.3) is 10.0 Å². The lowest BCUT2D eigenvalue weighted by molar-refractivity contribution is 0.601. The number of benzene rings is 1. The highest BCUT2D eigenvalue weighted by molar-refractivity contribution is 7.93. The van der Waals surface area contributed by atoms with Gasteiger partial charge in [0.05, 0.1) is 11.4 Å². The van der Waals surface area contributed by atoms with Crippen molar-refractivity contribution in [2.24, 2.45) is 5.73 Å². The largest absolute Gasteiger partial charge is 0.320 e. The van der Waals surface area contributed by atoms with Gasteiger partial charge in [0.15, 0.2) is 0 Å². The van der Waals surface area contributed by atoms with Crippen LogP contribution in [-0.2, 0) is 10.0 Å². The highest BCUT2D eigenvalue weighted by atomic mass is 32.2. The van der Waals surface area contributed by atoms with E-state index in [4.69, 9.17) is 5.73 Å². The predicted octanol–water partition coefficient (Wildman–Crippen LogP) is 0.958. The number of aryl methyl sites for hydroxylation is 1. The zero-order valence-corrected chi connectivity index (χ0v) is 12.3. The highest BCUT2D eigenvalue weighted by Crippen LogP contribution is 2.17. The van der Waals surface area contributed by atoms with Crippen molar-refractivity contribution >= 4 is 26.7 Å². The number of nitrogens with zero attached hydrogens (tertiary/aromatic N) is 2. The molecule has 0 saturated heterocycles. The van der Waals surface area contributed by atoms with Gasteiger partial charge in [-0.1, -0.05) is 11.8 Å². The summed E-state index contributed by atoms with van der Waals surface area (Å²) in [4.78, 5) is 4.10.